The summed E-state index contributed by atoms with van der Waals surface area (Å²) < 4.78 is 7.44. The molecule has 0 radical (unpaired) electrons. The van der Waals surface area contributed by atoms with Gasteiger partial charge in [0.05, 0.1) is 0 Å². The number of carbonyl (C=O) groups excluding carboxylic acids is 1. The highest BCUT2D eigenvalue weighted by molar-refractivity contribution is 6.08. The van der Waals surface area contributed by atoms with Crippen LogP contribution in [0.15, 0.2) is 78.9 Å². The normalized spacial score (nSPS) is 11.0. The maximum atomic E-state index is 12.3. The summed E-state index contributed by atoms with van der Waals surface area (Å²) in [5.41, 5.74) is 2.08. The van der Waals surface area contributed by atoms with E-state index in [0.717, 1.165) is 21.8 Å². The molecule has 1 heterocycles. The summed E-state index contributed by atoms with van der Waals surface area (Å²) in [7, 11) is 0. The van der Waals surface area contributed by atoms with Crippen molar-refractivity contribution in [3.63, 3.8) is 0 Å². The quantitative estimate of drug-likeness (QED) is 0.415. The van der Waals surface area contributed by atoms with E-state index in [2.05, 4.69) is 12.1 Å². The van der Waals surface area contributed by atoms with Gasteiger partial charge in [-0.15, -0.1) is 0 Å². The van der Waals surface area contributed by atoms with Crippen molar-refractivity contribution < 1.29 is 9.53 Å². The molecule has 0 bridgehead atoms. The molecule has 0 aliphatic heterocycles. The number of carbonyl (C=O) groups is 1. The van der Waals surface area contributed by atoms with Crippen molar-refractivity contribution in [2.24, 2.45) is 0 Å². The Morgan fingerprint density at radius 1 is 0.739 bits per heavy atom. The van der Waals surface area contributed by atoms with Crippen molar-refractivity contribution in [3.05, 3.63) is 78.9 Å². The standard InChI is InChI=1S/C20H15NO2/c22-20(23-15-8-2-1-3-9-15)14-21-18-12-6-4-10-16(18)17-11-5-7-13-19(17)21/h1-13H,14H2. The van der Waals surface area contributed by atoms with E-state index in [1.54, 1.807) is 12.1 Å². The molecular formula is C20H15NO2. The first-order valence-corrected chi connectivity index (χ1v) is 7.54. The molecule has 0 N–H and O–H groups in total. The van der Waals surface area contributed by atoms with Gasteiger partial charge in [0, 0.05) is 21.8 Å². The number of benzene rings is 3. The van der Waals surface area contributed by atoms with Gasteiger partial charge in [-0.25, -0.2) is 4.79 Å². The van der Waals surface area contributed by atoms with Crippen molar-refractivity contribution in [1.29, 1.82) is 0 Å². The maximum absolute atomic E-state index is 12.3. The first-order valence-electron chi connectivity index (χ1n) is 7.54. The SMILES string of the molecule is O=C(Cn1c2ccccc2c2ccccc21)Oc1ccccc1. The minimum atomic E-state index is -0.275. The van der Waals surface area contributed by atoms with E-state index in [1.807, 2.05) is 59.2 Å². The van der Waals surface area contributed by atoms with E-state index in [0.29, 0.717) is 5.75 Å². The predicted octanol–water partition coefficient (Wildman–Crippen LogP) is 4.40. The zero-order valence-corrected chi connectivity index (χ0v) is 12.5. The molecule has 0 atom stereocenters. The van der Waals surface area contributed by atoms with Gasteiger partial charge in [0.15, 0.2) is 0 Å². The lowest BCUT2D eigenvalue weighted by Gasteiger charge is -2.08. The Kier molecular flexibility index (Phi) is 3.31. The summed E-state index contributed by atoms with van der Waals surface area (Å²) in [6, 6.07) is 25.4. The fourth-order valence-electron chi connectivity index (χ4n) is 2.96. The van der Waals surface area contributed by atoms with E-state index in [-0.39, 0.29) is 12.5 Å². The molecule has 23 heavy (non-hydrogen) atoms. The first kappa shape index (κ1) is 13.6. The van der Waals surface area contributed by atoms with Gasteiger partial charge in [0.25, 0.3) is 0 Å². The molecule has 112 valence electrons. The molecule has 3 heteroatoms. The summed E-state index contributed by atoms with van der Waals surface area (Å²) in [6.07, 6.45) is 0. The van der Waals surface area contributed by atoms with Gasteiger partial charge in [-0.05, 0) is 24.3 Å². The Bertz CT molecular complexity index is 933. The highest BCUT2D eigenvalue weighted by Gasteiger charge is 2.13. The lowest BCUT2D eigenvalue weighted by atomic mass is 10.2. The molecule has 3 nitrogen and oxygen atoms in total. The minimum absolute atomic E-state index is 0.183. The van der Waals surface area contributed by atoms with Crippen LogP contribution < -0.4 is 4.74 Å². The number of hydrogen-bond donors (Lipinski definition) is 0. The van der Waals surface area contributed by atoms with Crippen molar-refractivity contribution in [2.45, 2.75) is 6.54 Å². The van der Waals surface area contributed by atoms with Crippen LogP contribution in [0.1, 0.15) is 0 Å². The van der Waals surface area contributed by atoms with Crippen LogP contribution in [0.3, 0.4) is 0 Å². The predicted molar refractivity (Wildman–Crippen MR) is 91.5 cm³/mol. The molecule has 0 spiro atoms. The molecule has 0 aliphatic carbocycles. The summed E-state index contributed by atoms with van der Waals surface area (Å²) in [5.74, 6) is 0.293. The lowest BCUT2D eigenvalue weighted by Crippen LogP contribution is -2.16. The molecule has 4 rings (SSSR count). The topological polar surface area (TPSA) is 31.2 Å². The summed E-state index contributed by atoms with van der Waals surface area (Å²) in [4.78, 5) is 12.3. The molecule has 0 saturated carbocycles. The van der Waals surface area contributed by atoms with Crippen LogP contribution in [0.4, 0.5) is 0 Å². The third kappa shape index (κ3) is 2.46. The number of esters is 1. The van der Waals surface area contributed by atoms with E-state index < -0.39 is 0 Å². The number of nitrogens with zero attached hydrogens (tertiary/aromatic N) is 1. The number of hydrogen-bond acceptors (Lipinski definition) is 2. The molecular weight excluding hydrogens is 286 g/mol. The second kappa shape index (κ2) is 5.61. The maximum Gasteiger partial charge on any atom is 0.331 e. The van der Waals surface area contributed by atoms with Gasteiger partial charge < -0.3 is 9.30 Å². The number of rotatable bonds is 3. The molecule has 0 saturated heterocycles. The van der Waals surface area contributed by atoms with Crippen molar-refractivity contribution in [3.8, 4) is 5.75 Å². The van der Waals surface area contributed by atoms with Crippen LogP contribution in [0, 0.1) is 0 Å². The molecule has 0 fully saturated rings. The second-order valence-corrected chi connectivity index (χ2v) is 5.41. The van der Waals surface area contributed by atoms with Crippen LogP contribution in [0.25, 0.3) is 21.8 Å². The van der Waals surface area contributed by atoms with Crippen LogP contribution >= 0.6 is 0 Å². The zero-order chi connectivity index (χ0) is 15.6. The Labute approximate surface area is 133 Å². The second-order valence-electron chi connectivity index (χ2n) is 5.41. The third-order valence-electron chi connectivity index (χ3n) is 3.94. The number of para-hydroxylation sites is 3. The van der Waals surface area contributed by atoms with Gasteiger partial charge in [-0.2, -0.15) is 0 Å². The smallest absolute Gasteiger partial charge is 0.331 e. The van der Waals surface area contributed by atoms with Gasteiger partial charge in [0.1, 0.15) is 12.3 Å². The van der Waals surface area contributed by atoms with Crippen LogP contribution in [0.5, 0.6) is 5.75 Å². The van der Waals surface area contributed by atoms with Crippen LogP contribution in [-0.4, -0.2) is 10.5 Å². The van der Waals surface area contributed by atoms with Crippen LogP contribution in [0.2, 0.25) is 0 Å². The summed E-state index contributed by atoms with van der Waals surface area (Å²) in [5, 5.41) is 2.30. The molecule has 0 amide bonds. The number of ether oxygens (including phenoxy) is 1. The van der Waals surface area contributed by atoms with E-state index >= 15 is 0 Å². The fraction of sp³-hybridized carbons (Fsp3) is 0.0500. The Morgan fingerprint density at radius 2 is 1.26 bits per heavy atom. The van der Waals surface area contributed by atoms with Crippen molar-refractivity contribution in [1.82, 2.24) is 4.57 Å². The minimum Gasteiger partial charge on any atom is -0.425 e. The highest BCUT2D eigenvalue weighted by Crippen LogP contribution is 2.28. The van der Waals surface area contributed by atoms with Crippen molar-refractivity contribution in [2.75, 3.05) is 0 Å². The Balaban J connectivity index is 1.74. The highest BCUT2D eigenvalue weighted by atomic mass is 16.5. The largest absolute Gasteiger partial charge is 0.425 e. The third-order valence-corrected chi connectivity index (χ3v) is 3.94. The molecule has 0 aliphatic rings. The van der Waals surface area contributed by atoms with Gasteiger partial charge >= 0.3 is 5.97 Å². The lowest BCUT2D eigenvalue weighted by molar-refractivity contribution is -0.134. The molecule has 3 aromatic carbocycles. The monoisotopic (exact) mass is 301 g/mol. The van der Waals surface area contributed by atoms with Crippen LogP contribution in [-0.2, 0) is 11.3 Å². The average Bonchev–Trinajstić information content (AvgIpc) is 2.90. The summed E-state index contributed by atoms with van der Waals surface area (Å²) in [6.45, 7) is 0.183. The number of fused-ring (bicyclic) bond motifs is 3. The zero-order valence-electron chi connectivity index (χ0n) is 12.5. The average molecular weight is 301 g/mol. The molecule has 0 unspecified atom stereocenters. The Hall–Kier alpha value is -3.07. The molecule has 4 aromatic rings. The first-order chi connectivity index (χ1) is 11.3. The number of aromatic nitrogens is 1. The van der Waals surface area contributed by atoms with E-state index in [1.165, 1.54) is 0 Å². The van der Waals surface area contributed by atoms with Crippen molar-refractivity contribution >= 4 is 27.8 Å². The fourth-order valence-corrected chi connectivity index (χ4v) is 2.96. The van der Waals surface area contributed by atoms with Gasteiger partial charge in [-0.1, -0.05) is 54.6 Å². The Morgan fingerprint density at radius 3 is 1.87 bits per heavy atom. The molecule has 1 aromatic heterocycles. The van der Waals surface area contributed by atoms with E-state index in [9.17, 15) is 4.79 Å². The summed E-state index contributed by atoms with van der Waals surface area (Å²) >= 11 is 0. The van der Waals surface area contributed by atoms with E-state index in [4.69, 9.17) is 4.74 Å². The van der Waals surface area contributed by atoms with Gasteiger partial charge in [0.2, 0.25) is 0 Å². The van der Waals surface area contributed by atoms with Gasteiger partial charge in [-0.3, -0.25) is 0 Å².